The van der Waals surface area contributed by atoms with Gasteiger partial charge in [-0.25, -0.2) is 8.42 Å². The van der Waals surface area contributed by atoms with Crippen molar-refractivity contribution in [1.29, 1.82) is 0 Å². The van der Waals surface area contributed by atoms with E-state index in [9.17, 15) is 13.2 Å². The number of nitrogens with one attached hydrogen (secondary N) is 2. The Morgan fingerprint density at radius 3 is 2.50 bits per heavy atom. The van der Waals surface area contributed by atoms with Crippen LogP contribution in [0.15, 0.2) is 29.2 Å². The van der Waals surface area contributed by atoms with E-state index in [4.69, 9.17) is 5.11 Å². The summed E-state index contributed by atoms with van der Waals surface area (Å²) in [5.74, 6) is 0. The van der Waals surface area contributed by atoms with Gasteiger partial charge < -0.3 is 10.4 Å². The van der Waals surface area contributed by atoms with Crippen molar-refractivity contribution in [2.45, 2.75) is 11.5 Å². The Bertz CT molecular complexity index is 696. The van der Waals surface area contributed by atoms with Gasteiger partial charge in [-0.05, 0) is 24.3 Å². The summed E-state index contributed by atoms with van der Waals surface area (Å²) in [5.41, 5.74) is 0.484. The lowest BCUT2D eigenvalue weighted by molar-refractivity contribution is -0.105. The van der Waals surface area contributed by atoms with Crippen LogP contribution in [-0.2, 0) is 21.4 Å². The van der Waals surface area contributed by atoms with Crippen LogP contribution in [0.1, 0.15) is 5.01 Å². The summed E-state index contributed by atoms with van der Waals surface area (Å²) in [4.78, 5) is 10.3. The lowest BCUT2D eigenvalue weighted by Gasteiger charge is -2.05. The van der Waals surface area contributed by atoms with Crippen molar-refractivity contribution < 1.29 is 18.3 Å². The third-order valence-corrected chi connectivity index (χ3v) is 4.52. The average molecular weight is 314 g/mol. The molecule has 0 aliphatic carbocycles. The fourth-order valence-corrected chi connectivity index (χ4v) is 3.16. The molecule has 1 aromatic heterocycles. The molecule has 2 aromatic rings. The highest BCUT2D eigenvalue weighted by Gasteiger charge is 2.16. The average Bonchev–Trinajstić information content (AvgIpc) is 2.87. The molecule has 0 saturated heterocycles. The standard InChI is InChI=1S/C10H10N4O4S2/c15-5-9-12-13-10(19-9)14-20(17,18)8-3-1-7(2-4-8)11-6-16/h1-4,6,15H,5H2,(H,11,16)(H,13,14). The molecule has 3 N–H and O–H groups in total. The Balaban J connectivity index is 2.19. The largest absolute Gasteiger partial charge is 0.389 e. The van der Waals surface area contributed by atoms with Crippen molar-refractivity contribution in [2.24, 2.45) is 0 Å². The highest BCUT2D eigenvalue weighted by Crippen LogP contribution is 2.20. The number of sulfonamides is 1. The Hall–Kier alpha value is -2.04. The second-order valence-electron chi connectivity index (χ2n) is 3.55. The minimum Gasteiger partial charge on any atom is -0.389 e. The predicted molar refractivity (Wildman–Crippen MR) is 72.8 cm³/mol. The van der Waals surface area contributed by atoms with E-state index in [1.807, 2.05) is 0 Å². The number of carbonyl (C=O) groups is 1. The van der Waals surface area contributed by atoms with Gasteiger partial charge in [0.05, 0.1) is 11.5 Å². The second-order valence-corrected chi connectivity index (χ2v) is 6.30. The van der Waals surface area contributed by atoms with E-state index in [0.717, 1.165) is 11.3 Å². The highest BCUT2D eigenvalue weighted by atomic mass is 32.2. The first-order valence-electron chi connectivity index (χ1n) is 5.31. The van der Waals surface area contributed by atoms with Crippen LogP contribution in [0, 0.1) is 0 Å². The molecule has 1 amide bonds. The first-order chi connectivity index (χ1) is 9.55. The molecule has 0 spiro atoms. The van der Waals surface area contributed by atoms with Crippen LogP contribution in [0.2, 0.25) is 0 Å². The van der Waals surface area contributed by atoms with E-state index in [0.29, 0.717) is 17.1 Å². The minimum absolute atomic E-state index is 0.0229. The van der Waals surface area contributed by atoms with Crippen molar-refractivity contribution in [1.82, 2.24) is 10.2 Å². The van der Waals surface area contributed by atoms with E-state index in [-0.39, 0.29) is 16.6 Å². The summed E-state index contributed by atoms with van der Waals surface area (Å²) in [5, 5.41) is 18.8. The van der Waals surface area contributed by atoms with Crippen LogP contribution in [0.4, 0.5) is 10.8 Å². The van der Waals surface area contributed by atoms with Crippen LogP contribution in [0.25, 0.3) is 0 Å². The van der Waals surface area contributed by atoms with Gasteiger partial charge in [-0.15, -0.1) is 10.2 Å². The summed E-state index contributed by atoms with van der Waals surface area (Å²) in [6.45, 7) is -0.300. The molecule has 1 aromatic carbocycles. The van der Waals surface area contributed by atoms with E-state index in [2.05, 4.69) is 20.2 Å². The second kappa shape index (κ2) is 5.94. The number of hydrogen-bond donors (Lipinski definition) is 3. The molecular weight excluding hydrogens is 304 g/mol. The monoisotopic (exact) mass is 314 g/mol. The summed E-state index contributed by atoms with van der Waals surface area (Å²) in [7, 11) is -3.78. The molecule has 1 heterocycles. The normalized spacial score (nSPS) is 11.1. The Morgan fingerprint density at radius 2 is 1.95 bits per heavy atom. The fraction of sp³-hybridized carbons (Fsp3) is 0.100. The van der Waals surface area contributed by atoms with Gasteiger partial charge in [0.25, 0.3) is 10.0 Å². The number of carbonyl (C=O) groups excluding carboxylic acids is 1. The summed E-state index contributed by atoms with van der Waals surface area (Å²) in [6, 6.07) is 5.62. The topological polar surface area (TPSA) is 121 Å². The van der Waals surface area contributed by atoms with E-state index in [1.165, 1.54) is 24.3 Å². The molecule has 0 saturated carbocycles. The van der Waals surface area contributed by atoms with Gasteiger partial charge in [-0.1, -0.05) is 11.3 Å². The first-order valence-corrected chi connectivity index (χ1v) is 7.61. The van der Waals surface area contributed by atoms with Crippen molar-refractivity contribution >= 4 is 38.6 Å². The number of hydrogen-bond acceptors (Lipinski definition) is 7. The molecule has 20 heavy (non-hydrogen) atoms. The molecule has 0 atom stereocenters. The third-order valence-electron chi connectivity index (χ3n) is 2.21. The van der Waals surface area contributed by atoms with E-state index in [1.54, 1.807) is 0 Å². The van der Waals surface area contributed by atoms with Crippen molar-refractivity contribution in [3.8, 4) is 0 Å². The molecule has 106 valence electrons. The Kier molecular flexibility index (Phi) is 4.27. The smallest absolute Gasteiger partial charge is 0.263 e. The summed E-state index contributed by atoms with van der Waals surface area (Å²) < 4.78 is 26.3. The molecule has 0 radical (unpaired) electrons. The molecule has 0 aliphatic rings. The maximum Gasteiger partial charge on any atom is 0.263 e. The van der Waals surface area contributed by atoms with Gasteiger partial charge in [0.2, 0.25) is 11.5 Å². The van der Waals surface area contributed by atoms with E-state index >= 15 is 0 Å². The number of aliphatic hydroxyl groups is 1. The maximum atomic E-state index is 12.0. The number of rotatable bonds is 6. The summed E-state index contributed by atoms with van der Waals surface area (Å²) >= 11 is 0.945. The van der Waals surface area contributed by atoms with Crippen LogP contribution < -0.4 is 10.0 Å². The zero-order chi connectivity index (χ0) is 14.6. The van der Waals surface area contributed by atoms with Gasteiger partial charge in [0.1, 0.15) is 5.01 Å². The maximum absolute atomic E-state index is 12.0. The van der Waals surface area contributed by atoms with E-state index < -0.39 is 10.0 Å². The Labute approximate surface area is 118 Å². The number of aliphatic hydroxyl groups excluding tert-OH is 1. The quantitative estimate of drug-likeness (QED) is 0.664. The van der Waals surface area contributed by atoms with Gasteiger partial charge >= 0.3 is 0 Å². The zero-order valence-corrected chi connectivity index (χ0v) is 11.6. The molecule has 10 heteroatoms. The van der Waals surface area contributed by atoms with Crippen molar-refractivity contribution in [3.63, 3.8) is 0 Å². The number of nitrogens with zero attached hydrogens (tertiary/aromatic N) is 2. The Morgan fingerprint density at radius 1 is 1.25 bits per heavy atom. The highest BCUT2D eigenvalue weighted by molar-refractivity contribution is 7.93. The zero-order valence-electron chi connectivity index (χ0n) is 9.98. The number of anilines is 2. The van der Waals surface area contributed by atoms with Crippen LogP contribution in [0.3, 0.4) is 0 Å². The molecular formula is C10H10N4O4S2. The summed E-state index contributed by atoms with van der Waals surface area (Å²) in [6.07, 6.45) is 0.499. The van der Waals surface area contributed by atoms with Gasteiger partial charge in [0, 0.05) is 5.69 Å². The predicted octanol–water partition coefficient (Wildman–Crippen LogP) is 0.400. The lowest BCUT2D eigenvalue weighted by atomic mass is 10.3. The number of benzene rings is 1. The third kappa shape index (κ3) is 3.29. The van der Waals surface area contributed by atoms with Crippen LogP contribution >= 0.6 is 11.3 Å². The lowest BCUT2D eigenvalue weighted by Crippen LogP contribution is -2.12. The number of aromatic nitrogens is 2. The van der Waals surface area contributed by atoms with Gasteiger partial charge in [-0.2, -0.15) is 0 Å². The fourth-order valence-electron chi connectivity index (χ4n) is 1.33. The SMILES string of the molecule is O=CNc1ccc(S(=O)(=O)Nc2nnc(CO)s2)cc1. The van der Waals surface area contributed by atoms with Crippen LogP contribution in [-0.4, -0.2) is 30.1 Å². The molecule has 2 rings (SSSR count). The first kappa shape index (κ1) is 14.4. The van der Waals surface area contributed by atoms with Gasteiger partial charge in [-0.3, -0.25) is 9.52 Å². The van der Waals surface area contributed by atoms with Crippen molar-refractivity contribution in [3.05, 3.63) is 29.3 Å². The van der Waals surface area contributed by atoms with Crippen LogP contribution in [0.5, 0.6) is 0 Å². The molecule has 0 aliphatic heterocycles. The van der Waals surface area contributed by atoms with Gasteiger partial charge in [0.15, 0.2) is 0 Å². The van der Waals surface area contributed by atoms with Crippen molar-refractivity contribution in [2.75, 3.05) is 10.0 Å². The molecule has 8 nitrogen and oxygen atoms in total. The number of amides is 1. The molecule has 0 bridgehead atoms. The molecule has 0 unspecified atom stereocenters. The molecule has 0 fully saturated rings. The minimum atomic E-state index is -3.78.